The third-order valence-electron chi connectivity index (χ3n) is 2.56. The predicted molar refractivity (Wildman–Crippen MR) is 61.0 cm³/mol. The fraction of sp³-hybridized carbons (Fsp3) is 0.900. The third-order valence-corrected chi connectivity index (χ3v) is 4.25. The zero-order chi connectivity index (χ0) is 11.6. The molecule has 0 saturated carbocycles. The minimum Gasteiger partial charge on any atom is -0.464 e. The highest BCUT2D eigenvalue weighted by atomic mass is 32.2. The summed E-state index contributed by atoms with van der Waals surface area (Å²) in [7, 11) is 3.96. The highest BCUT2D eigenvalue weighted by molar-refractivity contribution is 8.08. The molecule has 0 radical (unpaired) electrons. The lowest BCUT2D eigenvalue weighted by molar-refractivity contribution is -0.154. The topological polar surface area (TPSA) is 49.8 Å². The predicted octanol–water partition coefficient (Wildman–Crippen LogP) is 0.346. The number of rotatable bonds is 5. The number of nitrogens with zero attached hydrogens (tertiary/aromatic N) is 1. The van der Waals surface area contributed by atoms with Gasteiger partial charge in [-0.2, -0.15) is 0 Å². The Morgan fingerprint density at radius 1 is 1.67 bits per heavy atom. The quantitative estimate of drug-likeness (QED) is 0.548. The number of aliphatic hydroxyl groups is 1. The van der Waals surface area contributed by atoms with Crippen LogP contribution in [0.4, 0.5) is 0 Å². The SMILES string of the molecule is CCOC(=O)C(O)C1(C)SC1CN(C)C. The zero-order valence-electron chi connectivity index (χ0n) is 9.69. The smallest absolute Gasteiger partial charge is 0.336 e. The Morgan fingerprint density at radius 2 is 2.27 bits per heavy atom. The van der Waals surface area contributed by atoms with Crippen molar-refractivity contribution >= 4 is 17.7 Å². The maximum atomic E-state index is 11.4. The summed E-state index contributed by atoms with van der Waals surface area (Å²) in [4.78, 5) is 13.4. The van der Waals surface area contributed by atoms with E-state index in [9.17, 15) is 9.90 Å². The summed E-state index contributed by atoms with van der Waals surface area (Å²) in [5, 5.41) is 10.1. The van der Waals surface area contributed by atoms with Gasteiger partial charge in [-0.25, -0.2) is 4.79 Å². The van der Waals surface area contributed by atoms with Crippen LogP contribution in [-0.4, -0.2) is 59.3 Å². The molecule has 0 aromatic rings. The van der Waals surface area contributed by atoms with Crippen molar-refractivity contribution in [2.75, 3.05) is 27.2 Å². The second kappa shape index (κ2) is 4.72. The third kappa shape index (κ3) is 2.86. The van der Waals surface area contributed by atoms with Gasteiger partial charge in [0.15, 0.2) is 6.10 Å². The number of hydrogen-bond acceptors (Lipinski definition) is 5. The Labute approximate surface area is 95.0 Å². The summed E-state index contributed by atoms with van der Waals surface area (Å²) in [6.45, 7) is 4.84. The van der Waals surface area contributed by atoms with Crippen molar-refractivity contribution in [3.05, 3.63) is 0 Å². The van der Waals surface area contributed by atoms with Gasteiger partial charge in [0.25, 0.3) is 0 Å². The van der Waals surface area contributed by atoms with Gasteiger partial charge in [-0.3, -0.25) is 0 Å². The van der Waals surface area contributed by atoms with Crippen molar-refractivity contribution in [2.24, 2.45) is 0 Å². The molecule has 1 N–H and O–H groups in total. The van der Waals surface area contributed by atoms with Crippen LogP contribution in [0.2, 0.25) is 0 Å². The van der Waals surface area contributed by atoms with Crippen LogP contribution in [0, 0.1) is 0 Å². The first-order valence-electron chi connectivity index (χ1n) is 5.09. The number of aliphatic hydroxyl groups excluding tert-OH is 1. The first kappa shape index (κ1) is 12.8. The van der Waals surface area contributed by atoms with Gasteiger partial charge in [0.1, 0.15) is 0 Å². The number of hydrogen-bond donors (Lipinski definition) is 1. The molecule has 1 aliphatic rings. The molecule has 3 unspecified atom stereocenters. The van der Waals surface area contributed by atoms with Gasteiger partial charge >= 0.3 is 5.97 Å². The highest BCUT2D eigenvalue weighted by Crippen LogP contribution is 2.55. The molecule has 0 bridgehead atoms. The van der Waals surface area contributed by atoms with Crippen LogP contribution >= 0.6 is 11.8 Å². The van der Waals surface area contributed by atoms with E-state index >= 15 is 0 Å². The van der Waals surface area contributed by atoms with Crippen LogP contribution in [0.5, 0.6) is 0 Å². The zero-order valence-corrected chi connectivity index (χ0v) is 10.5. The van der Waals surface area contributed by atoms with Crippen molar-refractivity contribution in [2.45, 2.75) is 29.9 Å². The first-order valence-corrected chi connectivity index (χ1v) is 5.97. The molecule has 5 heteroatoms. The van der Waals surface area contributed by atoms with Gasteiger partial charge in [-0.1, -0.05) is 0 Å². The molecule has 3 atom stereocenters. The van der Waals surface area contributed by atoms with E-state index in [1.165, 1.54) is 0 Å². The molecule has 15 heavy (non-hydrogen) atoms. The van der Waals surface area contributed by atoms with Crippen molar-refractivity contribution < 1.29 is 14.6 Å². The Kier molecular flexibility index (Phi) is 4.03. The van der Waals surface area contributed by atoms with Crippen LogP contribution in [0.25, 0.3) is 0 Å². The Bertz CT molecular complexity index is 247. The lowest BCUT2D eigenvalue weighted by Gasteiger charge is -2.17. The fourth-order valence-electron chi connectivity index (χ4n) is 1.52. The molecule has 4 nitrogen and oxygen atoms in total. The van der Waals surface area contributed by atoms with Crippen LogP contribution in [-0.2, 0) is 9.53 Å². The second-order valence-corrected chi connectivity index (χ2v) is 5.89. The van der Waals surface area contributed by atoms with E-state index in [2.05, 4.69) is 4.90 Å². The number of ether oxygens (including phenoxy) is 1. The fourth-order valence-corrected chi connectivity index (χ4v) is 2.86. The van der Waals surface area contributed by atoms with E-state index in [1.54, 1.807) is 18.7 Å². The average molecular weight is 233 g/mol. The number of esters is 1. The molecule has 1 aliphatic heterocycles. The standard InChI is InChI=1S/C10H19NO3S/c1-5-14-9(13)8(12)10(2)7(15-10)6-11(3)4/h7-8,12H,5-6H2,1-4H3. The van der Waals surface area contributed by atoms with Crippen LogP contribution in [0.1, 0.15) is 13.8 Å². The molecule has 0 aromatic carbocycles. The summed E-state index contributed by atoms with van der Waals surface area (Å²) in [5.74, 6) is -0.506. The molecule has 0 spiro atoms. The number of carbonyl (C=O) groups excluding carboxylic acids is 1. The Balaban J connectivity index is 2.47. The lowest BCUT2D eigenvalue weighted by Crippen LogP contribution is -2.39. The number of carbonyl (C=O) groups is 1. The van der Waals surface area contributed by atoms with Gasteiger partial charge in [0.2, 0.25) is 0 Å². The monoisotopic (exact) mass is 233 g/mol. The molecule has 0 aliphatic carbocycles. The molecular weight excluding hydrogens is 214 g/mol. The van der Waals surface area contributed by atoms with E-state index in [-0.39, 0.29) is 4.75 Å². The van der Waals surface area contributed by atoms with Crippen molar-refractivity contribution in [3.63, 3.8) is 0 Å². The minimum atomic E-state index is -1.01. The van der Waals surface area contributed by atoms with Gasteiger partial charge in [0, 0.05) is 11.8 Å². The van der Waals surface area contributed by atoms with Crippen molar-refractivity contribution in [1.82, 2.24) is 4.90 Å². The Hall–Kier alpha value is -0.260. The molecule has 88 valence electrons. The second-order valence-electron chi connectivity index (χ2n) is 4.21. The van der Waals surface area contributed by atoms with Crippen LogP contribution in [0.3, 0.4) is 0 Å². The van der Waals surface area contributed by atoms with E-state index < -0.39 is 12.1 Å². The maximum Gasteiger partial charge on any atom is 0.336 e. The molecular formula is C10H19NO3S. The summed E-state index contributed by atoms with van der Waals surface area (Å²) in [5.41, 5.74) is 0. The highest BCUT2D eigenvalue weighted by Gasteiger charge is 2.59. The normalized spacial score (nSPS) is 31.5. The molecule has 0 amide bonds. The molecule has 0 aromatic heterocycles. The van der Waals surface area contributed by atoms with Gasteiger partial charge in [-0.15, -0.1) is 11.8 Å². The van der Waals surface area contributed by atoms with Crippen molar-refractivity contribution in [3.8, 4) is 0 Å². The molecule has 1 heterocycles. The van der Waals surface area contributed by atoms with E-state index in [0.29, 0.717) is 11.9 Å². The number of thioether (sulfide) groups is 1. The van der Waals surface area contributed by atoms with Gasteiger partial charge in [-0.05, 0) is 27.9 Å². The molecule has 1 rings (SSSR count). The summed E-state index contributed by atoms with van der Waals surface area (Å²) in [6, 6.07) is 0. The molecule has 1 saturated heterocycles. The lowest BCUT2D eigenvalue weighted by atomic mass is 10.0. The van der Waals surface area contributed by atoms with E-state index in [0.717, 1.165) is 6.54 Å². The van der Waals surface area contributed by atoms with Crippen LogP contribution in [0.15, 0.2) is 0 Å². The van der Waals surface area contributed by atoms with Crippen molar-refractivity contribution in [1.29, 1.82) is 0 Å². The van der Waals surface area contributed by atoms with E-state index in [1.807, 2.05) is 21.0 Å². The van der Waals surface area contributed by atoms with Crippen LogP contribution < -0.4 is 0 Å². The van der Waals surface area contributed by atoms with Gasteiger partial charge < -0.3 is 14.7 Å². The summed E-state index contributed by atoms with van der Waals surface area (Å²) in [6.07, 6.45) is -1.01. The van der Waals surface area contributed by atoms with E-state index in [4.69, 9.17) is 4.74 Å². The first-order chi connectivity index (χ1) is 6.91. The Morgan fingerprint density at radius 3 is 2.73 bits per heavy atom. The maximum absolute atomic E-state index is 11.4. The summed E-state index contributed by atoms with van der Waals surface area (Å²) < 4.78 is 4.44. The van der Waals surface area contributed by atoms with Gasteiger partial charge in [0.05, 0.1) is 11.4 Å². The summed E-state index contributed by atoms with van der Waals surface area (Å²) >= 11 is 1.64. The molecule has 1 fully saturated rings. The largest absolute Gasteiger partial charge is 0.464 e. The average Bonchev–Trinajstić information content (AvgIpc) is 2.76. The minimum absolute atomic E-state index is 0.312.